The zero-order valence-corrected chi connectivity index (χ0v) is 13.7. The molecule has 1 unspecified atom stereocenters. The molecule has 3 rings (SSSR count). The number of nitrogens with zero attached hydrogens (tertiary/aromatic N) is 1. The van der Waals surface area contributed by atoms with E-state index in [4.69, 9.17) is 9.31 Å². The second kappa shape index (κ2) is 6.03. The van der Waals surface area contributed by atoms with Crippen molar-refractivity contribution in [3.63, 3.8) is 0 Å². The van der Waals surface area contributed by atoms with Gasteiger partial charge in [-0.1, -0.05) is 24.3 Å². The highest BCUT2D eigenvalue weighted by Crippen LogP contribution is 2.26. The molecule has 8 heteroatoms. The molecule has 0 radical (unpaired) electrons. The monoisotopic (exact) mass is 332 g/mol. The minimum Gasteiger partial charge on any atom is -0.402 e. The van der Waals surface area contributed by atoms with Crippen molar-refractivity contribution < 1.29 is 13.7 Å². The second-order valence-electron chi connectivity index (χ2n) is 6.44. The van der Waals surface area contributed by atoms with Crippen molar-refractivity contribution in [3.05, 3.63) is 62.7 Å². The summed E-state index contributed by atoms with van der Waals surface area (Å²) in [6.45, 7) is 6.07. The zero-order chi connectivity index (χ0) is 17.5. The van der Waals surface area contributed by atoms with E-state index in [9.17, 15) is 14.0 Å². The summed E-state index contributed by atoms with van der Waals surface area (Å²) < 4.78 is 26.1. The smallest absolute Gasteiger partial charge is 0.402 e. The summed E-state index contributed by atoms with van der Waals surface area (Å²) in [5.74, 6) is -0.991. The number of rotatable bonds is 3. The molecular formula is C16H18BFN2O4. The Hall–Kier alpha value is -2.19. The fourth-order valence-electron chi connectivity index (χ4n) is 2.47. The van der Waals surface area contributed by atoms with E-state index < -0.39 is 24.2 Å². The molecule has 1 aromatic heterocycles. The first-order chi connectivity index (χ1) is 11.3. The average Bonchev–Trinajstić information content (AvgIpc) is 2.79. The topological polar surface area (TPSA) is 73.3 Å². The van der Waals surface area contributed by atoms with Crippen LogP contribution in [0.1, 0.15) is 26.3 Å². The summed E-state index contributed by atoms with van der Waals surface area (Å²) in [4.78, 5) is 24.7. The Labute approximate surface area is 138 Å². The fourth-order valence-corrected chi connectivity index (χ4v) is 2.47. The van der Waals surface area contributed by atoms with E-state index in [1.807, 2.05) is 50.0 Å². The third-order valence-corrected chi connectivity index (χ3v) is 4.29. The van der Waals surface area contributed by atoms with E-state index in [0.29, 0.717) is 0 Å². The number of halogens is 1. The van der Waals surface area contributed by atoms with Crippen molar-refractivity contribution in [3.8, 4) is 0 Å². The first kappa shape index (κ1) is 16.7. The van der Waals surface area contributed by atoms with Crippen molar-refractivity contribution in [2.45, 2.75) is 39.0 Å². The molecule has 6 nitrogen and oxygen atoms in total. The second-order valence-corrected chi connectivity index (χ2v) is 6.44. The molecule has 1 aliphatic rings. The highest BCUT2D eigenvalue weighted by Gasteiger charge is 2.43. The molecule has 1 aliphatic heterocycles. The van der Waals surface area contributed by atoms with Crippen molar-refractivity contribution in [2.75, 3.05) is 0 Å². The van der Waals surface area contributed by atoms with Crippen LogP contribution in [0.5, 0.6) is 0 Å². The highest BCUT2D eigenvalue weighted by molar-refractivity contribution is 6.61. The predicted octanol–water partition coefficient (Wildman–Crippen LogP) is 0.633. The zero-order valence-electron chi connectivity index (χ0n) is 13.7. The van der Waals surface area contributed by atoms with Gasteiger partial charge in [-0.25, -0.2) is 4.79 Å². The number of nitrogens with one attached hydrogen (secondary N) is 1. The maximum absolute atomic E-state index is 13.3. The third kappa shape index (κ3) is 3.20. The maximum Gasteiger partial charge on any atom is 0.494 e. The number of aromatic nitrogens is 2. The molecule has 1 aromatic carbocycles. The number of H-pyrrole nitrogens is 1. The van der Waals surface area contributed by atoms with Crippen LogP contribution in [0.2, 0.25) is 0 Å². The van der Waals surface area contributed by atoms with Gasteiger partial charge in [0.15, 0.2) is 0 Å². The van der Waals surface area contributed by atoms with Crippen molar-refractivity contribution >= 4 is 12.6 Å². The van der Waals surface area contributed by atoms with Crippen LogP contribution in [0.15, 0.2) is 40.1 Å². The molecular weight excluding hydrogens is 314 g/mol. The van der Waals surface area contributed by atoms with Gasteiger partial charge in [-0.3, -0.25) is 14.3 Å². The van der Waals surface area contributed by atoms with Gasteiger partial charge >= 0.3 is 12.8 Å². The SMILES string of the molecule is CC1OB(c2ccc(Cn3cc(F)c(=O)[nH]c3=O)cc2)OC1(C)C. The minimum absolute atomic E-state index is 0.0233. The van der Waals surface area contributed by atoms with Gasteiger partial charge in [0.05, 0.1) is 24.4 Å². The number of benzene rings is 1. The standard InChI is InChI=1S/C16H18BFN2O4/c1-10-16(2,3)24-17(23-10)12-6-4-11(5-7-12)8-20-9-13(18)14(21)19-15(20)22/h4-7,9-10H,8H2,1-3H3,(H,19,21,22). The lowest BCUT2D eigenvalue weighted by atomic mass is 9.79. The van der Waals surface area contributed by atoms with Crippen molar-refractivity contribution in [2.24, 2.45) is 0 Å². The molecule has 0 saturated carbocycles. The van der Waals surface area contributed by atoms with Gasteiger partial charge < -0.3 is 9.31 Å². The van der Waals surface area contributed by atoms with E-state index in [2.05, 4.69) is 0 Å². The van der Waals surface area contributed by atoms with Gasteiger partial charge in [-0.05, 0) is 31.8 Å². The van der Waals surface area contributed by atoms with Crippen LogP contribution >= 0.6 is 0 Å². The van der Waals surface area contributed by atoms with Crippen LogP contribution in [-0.2, 0) is 15.9 Å². The molecule has 0 spiro atoms. The van der Waals surface area contributed by atoms with E-state index in [1.54, 1.807) is 0 Å². The molecule has 1 N–H and O–H groups in total. The summed E-state index contributed by atoms with van der Waals surface area (Å²) in [6, 6.07) is 7.32. The molecule has 1 saturated heterocycles. The summed E-state index contributed by atoms with van der Waals surface area (Å²) in [5.41, 5.74) is -0.361. The molecule has 0 aliphatic carbocycles. The number of hydrogen-bond acceptors (Lipinski definition) is 4. The van der Waals surface area contributed by atoms with Gasteiger partial charge in [-0.15, -0.1) is 0 Å². The average molecular weight is 332 g/mol. The summed E-state index contributed by atoms with van der Waals surface area (Å²) in [6.07, 6.45) is 0.882. The Bertz CT molecular complexity index is 860. The summed E-state index contributed by atoms with van der Waals surface area (Å²) in [7, 11) is -0.433. The predicted molar refractivity (Wildman–Crippen MR) is 87.9 cm³/mol. The molecule has 0 bridgehead atoms. The lowest BCUT2D eigenvalue weighted by molar-refractivity contribution is 0.0842. The number of aromatic amines is 1. The van der Waals surface area contributed by atoms with Gasteiger partial charge in [0.1, 0.15) is 0 Å². The molecule has 1 atom stereocenters. The summed E-state index contributed by atoms with van der Waals surface area (Å²) >= 11 is 0. The van der Waals surface area contributed by atoms with Crippen molar-refractivity contribution in [1.82, 2.24) is 9.55 Å². The maximum atomic E-state index is 13.3. The Balaban J connectivity index is 1.78. The first-order valence-electron chi connectivity index (χ1n) is 7.67. The Morgan fingerprint density at radius 2 is 1.96 bits per heavy atom. The Morgan fingerprint density at radius 3 is 2.54 bits per heavy atom. The van der Waals surface area contributed by atoms with Crippen LogP contribution in [0, 0.1) is 5.82 Å². The largest absolute Gasteiger partial charge is 0.494 e. The van der Waals surface area contributed by atoms with Crippen LogP contribution in [-0.4, -0.2) is 28.4 Å². The molecule has 24 heavy (non-hydrogen) atoms. The lowest BCUT2D eigenvalue weighted by Crippen LogP contribution is -2.35. The van der Waals surface area contributed by atoms with Crippen molar-refractivity contribution in [1.29, 1.82) is 0 Å². The van der Waals surface area contributed by atoms with E-state index in [1.165, 1.54) is 0 Å². The normalized spacial score (nSPS) is 19.7. The summed E-state index contributed by atoms with van der Waals surface area (Å²) in [5, 5.41) is 0. The molecule has 2 heterocycles. The quantitative estimate of drug-likeness (QED) is 0.837. The minimum atomic E-state index is -1.01. The van der Waals surface area contributed by atoms with Gasteiger partial charge in [0.25, 0.3) is 5.56 Å². The fraction of sp³-hybridized carbons (Fsp3) is 0.375. The van der Waals surface area contributed by atoms with Crippen LogP contribution in [0.4, 0.5) is 4.39 Å². The van der Waals surface area contributed by atoms with Gasteiger partial charge in [-0.2, -0.15) is 4.39 Å². The molecule has 126 valence electrons. The van der Waals surface area contributed by atoms with Gasteiger partial charge in [0.2, 0.25) is 5.82 Å². The van der Waals surface area contributed by atoms with Crippen LogP contribution in [0.25, 0.3) is 0 Å². The Morgan fingerprint density at radius 1 is 1.29 bits per heavy atom. The van der Waals surface area contributed by atoms with Crippen LogP contribution in [0.3, 0.4) is 0 Å². The number of hydrogen-bond donors (Lipinski definition) is 1. The van der Waals surface area contributed by atoms with Gasteiger partial charge in [0, 0.05) is 0 Å². The van der Waals surface area contributed by atoms with Crippen LogP contribution < -0.4 is 16.7 Å². The third-order valence-electron chi connectivity index (χ3n) is 4.29. The van der Waals surface area contributed by atoms with E-state index in [-0.39, 0.29) is 18.2 Å². The highest BCUT2D eigenvalue weighted by atomic mass is 19.1. The molecule has 1 fully saturated rings. The van der Waals surface area contributed by atoms with E-state index >= 15 is 0 Å². The molecule has 0 amide bonds. The lowest BCUT2D eigenvalue weighted by Gasteiger charge is -2.21. The first-order valence-corrected chi connectivity index (χ1v) is 7.67. The Kier molecular flexibility index (Phi) is 4.19. The van der Waals surface area contributed by atoms with E-state index in [0.717, 1.165) is 21.8 Å². The molecule has 2 aromatic rings.